The van der Waals surface area contributed by atoms with Gasteiger partial charge in [-0.3, -0.25) is 9.59 Å². The van der Waals surface area contributed by atoms with Crippen LogP contribution in [-0.2, 0) is 20.9 Å². The number of hydrogen-bond donors (Lipinski definition) is 3. The van der Waals surface area contributed by atoms with Gasteiger partial charge in [0.15, 0.2) is 0 Å². The summed E-state index contributed by atoms with van der Waals surface area (Å²) in [4.78, 5) is 23.5. The van der Waals surface area contributed by atoms with E-state index in [-0.39, 0.29) is 36.2 Å². The second-order valence-electron chi connectivity index (χ2n) is 5.64. The third kappa shape index (κ3) is 6.17. The van der Waals surface area contributed by atoms with E-state index in [1.165, 1.54) is 0 Å². The molecular formula is C16H24ClN3O3. The lowest BCUT2D eigenvalue weighted by atomic mass is 10.1. The molecule has 1 heterocycles. The second-order valence-corrected chi connectivity index (χ2v) is 5.64. The summed E-state index contributed by atoms with van der Waals surface area (Å²) in [6.45, 7) is 5.90. The number of anilines is 1. The van der Waals surface area contributed by atoms with E-state index in [2.05, 4.69) is 16.0 Å². The van der Waals surface area contributed by atoms with Crippen molar-refractivity contribution in [2.45, 2.75) is 26.4 Å². The van der Waals surface area contributed by atoms with Gasteiger partial charge < -0.3 is 20.7 Å². The first-order valence-electron chi connectivity index (χ1n) is 7.55. The molecule has 1 atom stereocenters. The number of benzene rings is 1. The number of hydrogen-bond acceptors (Lipinski definition) is 4. The Bertz CT molecular complexity index is 514. The molecule has 2 rings (SSSR count). The molecule has 1 aliphatic rings. The van der Waals surface area contributed by atoms with Crippen molar-refractivity contribution in [1.29, 1.82) is 0 Å². The van der Waals surface area contributed by atoms with Crippen molar-refractivity contribution in [2.75, 3.05) is 25.1 Å². The van der Waals surface area contributed by atoms with Crippen molar-refractivity contribution in [1.82, 2.24) is 10.6 Å². The van der Waals surface area contributed by atoms with Crippen LogP contribution >= 0.6 is 12.4 Å². The van der Waals surface area contributed by atoms with Crippen molar-refractivity contribution in [3.63, 3.8) is 0 Å². The van der Waals surface area contributed by atoms with Gasteiger partial charge in [-0.2, -0.15) is 0 Å². The molecule has 1 fully saturated rings. The van der Waals surface area contributed by atoms with Crippen molar-refractivity contribution in [2.24, 2.45) is 5.92 Å². The van der Waals surface area contributed by atoms with Crippen molar-refractivity contribution < 1.29 is 14.3 Å². The van der Waals surface area contributed by atoms with Gasteiger partial charge in [-0.05, 0) is 17.7 Å². The van der Waals surface area contributed by atoms with Crippen LogP contribution in [0.15, 0.2) is 24.3 Å². The molecule has 0 bridgehead atoms. The summed E-state index contributed by atoms with van der Waals surface area (Å²) >= 11 is 0. The van der Waals surface area contributed by atoms with Gasteiger partial charge in [0.05, 0.1) is 13.2 Å². The number of rotatable bonds is 5. The first-order chi connectivity index (χ1) is 10.6. The fraction of sp³-hybridized carbons (Fsp3) is 0.500. The lowest BCUT2D eigenvalue weighted by Crippen LogP contribution is -2.51. The summed E-state index contributed by atoms with van der Waals surface area (Å²) in [7, 11) is 0. The third-order valence-corrected chi connectivity index (χ3v) is 3.45. The van der Waals surface area contributed by atoms with E-state index >= 15 is 0 Å². The number of carbonyl (C=O) groups excluding carboxylic acids is 2. The summed E-state index contributed by atoms with van der Waals surface area (Å²) in [5, 5.41) is 8.82. The minimum atomic E-state index is -0.279. The normalized spacial score (nSPS) is 17.3. The van der Waals surface area contributed by atoms with Crippen molar-refractivity contribution in [3.8, 4) is 0 Å². The highest BCUT2D eigenvalue weighted by Crippen LogP contribution is 2.11. The van der Waals surface area contributed by atoms with Gasteiger partial charge in [0.1, 0.15) is 6.04 Å². The smallest absolute Gasteiger partial charge is 0.239 e. The number of carbonyl (C=O) groups is 2. The predicted molar refractivity (Wildman–Crippen MR) is 91.6 cm³/mol. The van der Waals surface area contributed by atoms with E-state index < -0.39 is 0 Å². The lowest BCUT2D eigenvalue weighted by Gasteiger charge is -2.22. The minimum Gasteiger partial charge on any atom is -0.378 e. The Labute approximate surface area is 142 Å². The Morgan fingerprint density at radius 1 is 1.30 bits per heavy atom. The molecule has 23 heavy (non-hydrogen) atoms. The zero-order valence-electron chi connectivity index (χ0n) is 13.4. The van der Waals surface area contributed by atoms with Gasteiger partial charge in [0.25, 0.3) is 0 Å². The maximum atomic E-state index is 11.9. The molecule has 0 radical (unpaired) electrons. The highest BCUT2D eigenvalue weighted by molar-refractivity contribution is 5.92. The number of nitrogens with one attached hydrogen (secondary N) is 3. The van der Waals surface area contributed by atoms with E-state index in [0.717, 1.165) is 11.3 Å². The fourth-order valence-corrected chi connectivity index (χ4v) is 2.04. The Hall–Kier alpha value is -1.63. The molecule has 1 aliphatic heterocycles. The minimum absolute atomic E-state index is 0. The molecule has 3 N–H and O–H groups in total. The van der Waals surface area contributed by atoms with Crippen molar-refractivity contribution >= 4 is 29.9 Å². The van der Waals surface area contributed by atoms with Crippen molar-refractivity contribution in [3.05, 3.63) is 29.8 Å². The number of amides is 2. The molecule has 0 aromatic heterocycles. The highest BCUT2D eigenvalue weighted by atomic mass is 35.5. The summed E-state index contributed by atoms with van der Waals surface area (Å²) < 4.78 is 5.26. The molecule has 0 aliphatic carbocycles. The Kier molecular flexibility index (Phi) is 8.02. The molecule has 128 valence electrons. The van der Waals surface area contributed by atoms with Gasteiger partial charge in [-0.25, -0.2) is 0 Å². The van der Waals surface area contributed by atoms with Gasteiger partial charge >= 0.3 is 0 Å². The summed E-state index contributed by atoms with van der Waals surface area (Å²) in [6.07, 6.45) is 0. The van der Waals surface area contributed by atoms with E-state index in [0.29, 0.717) is 26.3 Å². The summed E-state index contributed by atoms with van der Waals surface area (Å²) in [5.74, 6) is -0.120. The topological polar surface area (TPSA) is 79.5 Å². The fourth-order valence-electron chi connectivity index (χ4n) is 2.04. The van der Waals surface area contributed by atoms with Crippen LogP contribution in [0, 0.1) is 5.92 Å². The number of ether oxygens (including phenoxy) is 1. The maximum absolute atomic E-state index is 11.9. The Balaban J connectivity index is 0.00000264. The molecule has 1 aromatic rings. The number of halogens is 1. The van der Waals surface area contributed by atoms with Crippen LogP contribution in [-0.4, -0.2) is 37.6 Å². The SMILES string of the molecule is CC(C)C(=O)Nc1ccc(CNC(=O)C2COCCN2)cc1.Cl. The van der Waals surface area contributed by atoms with Gasteiger partial charge in [0.2, 0.25) is 11.8 Å². The Morgan fingerprint density at radius 2 is 2.00 bits per heavy atom. The van der Waals surface area contributed by atoms with Crippen LogP contribution < -0.4 is 16.0 Å². The molecule has 0 spiro atoms. The molecule has 0 saturated carbocycles. The standard InChI is InChI=1S/C16H23N3O3.ClH/c1-11(2)15(20)19-13-5-3-12(4-6-13)9-18-16(21)14-10-22-8-7-17-14;/h3-6,11,14,17H,7-10H2,1-2H3,(H,18,21)(H,19,20);1H. The molecule has 1 aromatic carbocycles. The monoisotopic (exact) mass is 341 g/mol. The molecule has 7 heteroatoms. The summed E-state index contributed by atoms with van der Waals surface area (Å²) in [5.41, 5.74) is 1.74. The van der Waals surface area contributed by atoms with Crippen LogP contribution in [0.5, 0.6) is 0 Å². The third-order valence-electron chi connectivity index (χ3n) is 3.45. The van der Waals surface area contributed by atoms with Crippen LogP contribution in [0.3, 0.4) is 0 Å². The predicted octanol–water partition coefficient (Wildman–Crippen LogP) is 1.31. The first-order valence-corrected chi connectivity index (χ1v) is 7.55. The second kappa shape index (κ2) is 9.50. The molecular weight excluding hydrogens is 318 g/mol. The quantitative estimate of drug-likeness (QED) is 0.754. The summed E-state index contributed by atoms with van der Waals surface area (Å²) in [6, 6.07) is 7.17. The lowest BCUT2D eigenvalue weighted by molar-refractivity contribution is -0.126. The molecule has 1 saturated heterocycles. The largest absolute Gasteiger partial charge is 0.378 e. The van der Waals surface area contributed by atoms with E-state index in [9.17, 15) is 9.59 Å². The van der Waals surface area contributed by atoms with Gasteiger partial charge in [-0.15, -0.1) is 12.4 Å². The zero-order chi connectivity index (χ0) is 15.9. The van der Waals surface area contributed by atoms with Crippen LogP contribution in [0.1, 0.15) is 19.4 Å². The molecule has 6 nitrogen and oxygen atoms in total. The zero-order valence-corrected chi connectivity index (χ0v) is 14.2. The van der Waals surface area contributed by atoms with E-state index in [4.69, 9.17) is 4.74 Å². The molecule has 1 unspecified atom stereocenters. The maximum Gasteiger partial charge on any atom is 0.239 e. The number of morpholine rings is 1. The van der Waals surface area contributed by atoms with E-state index in [1.807, 2.05) is 38.1 Å². The molecule has 2 amide bonds. The van der Waals surface area contributed by atoms with Gasteiger partial charge in [0, 0.05) is 24.7 Å². The highest BCUT2D eigenvalue weighted by Gasteiger charge is 2.20. The average molecular weight is 342 g/mol. The van der Waals surface area contributed by atoms with Crippen LogP contribution in [0.25, 0.3) is 0 Å². The Morgan fingerprint density at radius 3 is 2.57 bits per heavy atom. The van der Waals surface area contributed by atoms with E-state index in [1.54, 1.807) is 0 Å². The first kappa shape index (κ1) is 19.4. The van der Waals surface area contributed by atoms with Crippen LogP contribution in [0.4, 0.5) is 5.69 Å². The van der Waals surface area contributed by atoms with Crippen LogP contribution in [0.2, 0.25) is 0 Å². The van der Waals surface area contributed by atoms with Gasteiger partial charge in [-0.1, -0.05) is 26.0 Å². The average Bonchev–Trinajstić information content (AvgIpc) is 2.54.